The van der Waals surface area contributed by atoms with Gasteiger partial charge in [0.05, 0.1) is 0 Å². The van der Waals surface area contributed by atoms with Crippen LogP contribution in [-0.2, 0) is 0 Å². The van der Waals surface area contributed by atoms with E-state index >= 15 is 0 Å². The zero-order chi connectivity index (χ0) is 7.82. The smallest absolute Gasteiger partial charge is 0.0178 e. The second-order valence-electron chi connectivity index (χ2n) is 2.30. The summed E-state index contributed by atoms with van der Waals surface area (Å²) >= 11 is 0. The van der Waals surface area contributed by atoms with Gasteiger partial charge in [-0.05, 0) is 19.8 Å². The van der Waals surface area contributed by atoms with Crippen molar-refractivity contribution in [3.8, 4) is 0 Å². The van der Waals surface area contributed by atoms with E-state index in [4.69, 9.17) is 0 Å². The lowest BCUT2D eigenvalue weighted by Crippen LogP contribution is -2.11. The van der Waals surface area contributed by atoms with Gasteiger partial charge in [-0.2, -0.15) is 0 Å². The molecule has 0 aromatic heterocycles. The Balaban J connectivity index is 3.29. The summed E-state index contributed by atoms with van der Waals surface area (Å²) in [5.41, 5.74) is 1.27. The van der Waals surface area contributed by atoms with Crippen molar-refractivity contribution in [1.82, 2.24) is 5.32 Å². The van der Waals surface area contributed by atoms with Crippen LogP contribution in [-0.4, -0.2) is 6.54 Å². The molecule has 0 aliphatic rings. The van der Waals surface area contributed by atoms with E-state index in [0.717, 1.165) is 19.4 Å². The van der Waals surface area contributed by atoms with Gasteiger partial charge in [0.25, 0.3) is 0 Å². The highest BCUT2D eigenvalue weighted by atomic mass is 14.9. The minimum absolute atomic E-state index is 1.01. The van der Waals surface area contributed by atoms with Crippen LogP contribution in [0.25, 0.3) is 0 Å². The number of hydrogen-bond donors (Lipinski definition) is 1. The maximum atomic E-state index is 3.64. The predicted molar refractivity (Wildman–Crippen MR) is 46.9 cm³/mol. The Morgan fingerprint density at radius 1 is 1.60 bits per heavy atom. The Morgan fingerprint density at radius 3 is 2.80 bits per heavy atom. The van der Waals surface area contributed by atoms with Crippen molar-refractivity contribution in [3.05, 3.63) is 24.4 Å². The Kier molecular flexibility index (Phi) is 5.94. The first kappa shape index (κ1) is 9.28. The van der Waals surface area contributed by atoms with E-state index in [0.29, 0.717) is 0 Å². The Labute approximate surface area is 63.8 Å². The van der Waals surface area contributed by atoms with Crippen molar-refractivity contribution in [2.75, 3.05) is 6.54 Å². The zero-order valence-corrected chi connectivity index (χ0v) is 6.98. The molecule has 0 aromatic rings. The summed E-state index contributed by atoms with van der Waals surface area (Å²) in [6, 6.07) is 0. The number of hydrogen-bond acceptors (Lipinski definition) is 1. The lowest BCUT2D eigenvalue weighted by atomic mass is 10.3. The fraction of sp³-hybridized carbons (Fsp3) is 0.556. The minimum atomic E-state index is 1.01. The average Bonchev–Trinajstić information content (AvgIpc) is 1.89. The molecule has 0 fully saturated rings. The van der Waals surface area contributed by atoms with E-state index in [1.807, 2.05) is 6.08 Å². The molecule has 0 atom stereocenters. The molecule has 0 saturated heterocycles. The molecule has 0 amide bonds. The van der Waals surface area contributed by atoms with Gasteiger partial charge in [-0.3, -0.25) is 0 Å². The van der Waals surface area contributed by atoms with Crippen molar-refractivity contribution in [2.45, 2.75) is 26.7 Å². The summed E-state index contributed by atoms with van der Waals surface area (Å²) < 4.78 is 0. The predicted octanol–water partition coefficient (Wildman–Crippen LogP) is 2.47. The standard InChI is InChI=1S/C9H17N/c1-4-6-8-10-9(3)7-5-2/h4,7,10H,1,5-6,8H2,2-3H3/b9-7+. The zero-order valence-electron chi connectivity index (χ0n) is 6.98. The summed E-state index contributed by atoms with van der Waals surface area (Å²) in [7, 11) is 0. The number of rotatable bonds is 5. The molecule has 10 heavy (non-hydrogen) atoms. The maximum Gasteiger partial charge on any atom is 0.0178 e. The molecule has 1 nitrogen and oxygen atoms in total. The topological polar surface area (TPSA) is 12.0 Å². The van der Waals surface area contributed by atoms with Gasteiger partial charge in [0.1, 0.15) is 0 Å². The van der Waals surface area contributed by atoms with Gasteiger partial charge in [0.15, 0.2) is 0 Å². The summed E-state index contributed by atoms with van der Waals surface area (Å²) in [6.07, 6.45) is 6.25. The van der Waals surface area contributed by atoms with E-state index < -0.39 is 0 Å². The summed E-state index contributed by atoms with van der Waals surface area (Å²) in [5.74, 6) is 0. The highest BCUT2D eigenvalue weighted by Gasteiger charge is 1.83. The number of allylic oxidation sites excluding steroid dienone is 2. The van der Waals surface area contributed by atoms with Crippen LogP contribution >= 0.6 is 0 Å². The molecule has 0 aromatic carbocycles. The third kappa shape index (κ3) is 5.42. The molecule has 0 bridgehead atoms. The first-order valence-electron chi connectivity index (χ1n) is 3.82. The molecule has 0 unspecified atom stereocenters. The van der Waals surface area contributed by atoms with Crippen LogP contribution in [0.5, 0.6) is 0 Å². The molecule has 0 rings (SSSR count). The average molecular weight is 139 g/mol. The Hall–Kier alpha value is -0.720. The van der Waals surface area contributed by atoms with Crippen LogP contribution < -0.4 is 5.32 Å². The molecular formula is C9H17N. The fourth-order valence-corrected chi connectivity index (χ4v) is 0.750. The van der Waals surface area contributed by atoms with Crippen molar-refractivity contribution in [3.63, 3.8) is 0 Å². The second-order valence-corrected chi connectivity index (χ2v) is 2.30. The van der Waals surface area contributed by atoms with Gasteiger partial charge in [0.2, 0.25) is 0 Å². The van der Waals surface area contributed by atoms with Crippen molar-refractivity contribution in [1.29, 1.82) is 0 Å². The van der Waals surface area contributed by atoms with Crippen LogP contribution in [0.3, 0.4) is 0 Å². The third-order valence-electron chi connectivity index (χ3n) is 1.26. The number of nitrogens with one attached hydrogen (secondary N) is 1. The summed E-state index contributed by atoms with van der Waals surface area (Å²) in [5, 5.41) is 3.27. The monoisotopic (exact) mass is 139 g/mol. The van der Waals surface area contributed by atoms with Crippen LogP contribution in [0.2, 0.25) is 0 Å². The summed E-state index contributed by atoms with van der Waals surface area (Å²) in [4.78, 5) is 0. The van der Waals surface area contributed by atoms with Crippen LogP contribution in [0.1, 0.15) is 26.7 Å². The van der Waals surface area contributed by atoms with Crippen molar-refractivity contribution >= 4 is 0 Å². The minimum Gasteiger partial charge on any atom is -0.389 e. The Bertz CT molecular complexity index is 114. The first-order chi connectivity index (χ1) is 4.81. The van der Waals surface area contributed by atoms with E-state index in [-0.39, 0.29) is 0 Å². The first-order valence-corrected chi connectivity index (χ1v) is 3.82. The molecule has 0 spiro atoms. The SMILES string of the molecule is C=CCCN/C(C)=C/CC. The van der Waals surface area contributed by atoms with Gasteiger partial charge < -0.3 is 5.32 Å². The fourth-order valence-electron chi connectivity index (χ4n) is 0.750. The van der Waals surface area contributed by atoms with Gasteiger partial charge in [-0.15, -0.1) is 6.58 Å². The molecule has 58 valence electrons. The molecule has 0 heterocycles. The molecular weight excluding hydrogens is 122 g/mol. The Morgan fingerprint density at radius 2 is 2.30 bits per heavy atom. The molecule has 1 heteroatoms. The van der Waals surface area contributed by atoms with E-state index in [1.54, 1.807) is 0 Å². The molecule has 0 radical (unpaired) electrons. The molecule has 0 aliphatic carbocycles. The van der Waals surface area contributed by atoms with E-state index in [1.165, 1.54) is 5.70 Å². The van der Waals surface area contributed by atoms with Gasteiger partial charge in [-0.25, -0.2) is 0 Å². The van der Waals surface area contributed by atoms with Crippen LogP contribution in [0, 0.1) is 0 Å². The molecule has 0 saturated carbocycles. The molecule has 1 N–H and O–H groups in total. The molecule has 0 aliphatic heterocycles. The van der Waals surface area contributed by atoms with Gasteiger partial charge >= 0.3 is 0 Å². The van der Waals surface area contributed by atoms with Crippen LogP contribution in [0.15, 0.2) is 24.4 Å². The van der Waals surface area contributed by atoms with Crippen LogP contribution in [0.4, 0.5) is 0 Å². The van der Waals surface area contributed by atoms with E-state index in [9.17, 15) is 0 Å². The largest absolute Gasteiger partial charge is 0.389 e. The lowest BCUT2D eigenvalue weighted by Gasteiger charge is -2.02. The van der Waals surface area contributed by atoms with Gasteiger partial charge in [0, 0.05) is 12.2 Å². The van der Waals surface area contributed by atoms with Crippen molar-refractivity contribution in [2.24, 2.45) is 0 Å². The van der Waals surface area contributed by atoms with E-state index in [2.05, 4.69) is 31.8 Å². The van der Waals surface area contributed by atoms with Gasteiger partial charge in [-0.1, -0.05) is 19.1 Å². The normalized spacial score (nSPS) is 11.2. The summed E-state index contributed by atoms with van der Waals surface area (Å²) in [6.45, 7) is 8.88. The maximum absolute atomic E-state index is 3.64. The quantitative estimate of drug-likeness (QED) is 0.455. The third-order valence-corrected chi connectivity index (χ3v) is 1.26. The highest BCUT2D eigenvalue weighted by molar-refractivity contribution is 4.94. The second kappa shape index (κ2) is 6.40. The highest BCUT2D eigenvalue weighted by Crippen LogP contribution is 1.89. The lowest BCUT2D eigenvalue weighted by molar-refractivity contribution is 0.798. The van der Waals surface area contributed by atoms with Crippen molar-refractivity contribution < 1.29 is 0 Å².